The molecule has 0 unspecified atom stereocenters. The Balaban J connectivity index is 2.56. The monoisotopic (exact) mass is 362 g/mol. The molecule has 0 fully saturated rings. The largest absolute Gasteiger partial charge is 0.484 e. The number of carbonyl (C=O) groups is 1. The lowest BCUT2D eigenvalue weighted by atomic mass is 10.1. The summed E-state index contributed by atoms with van der Waals surface area (Å²) in [6.07, 6.45) is 2.34. The average molecular weight is 363 g/mol. The minimum atomic E-state index is -0.0616. The van der Waals surface area contributed by atoms with Crippen LogP contribution >= 0.6 is 0 Å². The second-order valence-electron chi connectivity index (χ2n) is 6.88. The van der Waals surface area contributed by atoms with Crippen molar-refractivity contribution in [2.24, 2.45) is 10.9 Å². The molecule has 0 aliphatic rings. The normalized spacial score (nSPS) is 11.4. The van der Waals surface area contributed by atoms with Gasteiger partial charge in [-0.05, 0) is 43.4 Å². The van der Waals surface area contributed by atoms with Gasteiger partial charge >= 0.3 is 0 Å². The summed E-state index contributed by atoms with van der Waals surface area (Å²) >= 11 is 0. The van der Waals surface area contributed by atoms with Gasteiger partial charge in [0.1, 0.15) is 5.75 Å². The highest BCUT2D eigenvalue weighted by atomic mass is 16.5. The van der Waals surface area contributed by atoms with Crippen molar-refractivity contribution in [2.45, 2.75) is 40.2 Å². The Hall–Kier alpha value is -2.24. The van der Waals surface area contributed by atoms with Gasteiger partial charge in [0.15, 0.2) is 12.6 Å². The Bertz CT molecular complexity index is 571. The molecular weight excluding hydrogens is 328 g/mol. The second-order valence-corrected chi connectivity index (χ2v) is 6.88. The maximum atomic E-state index is 11.6. The highest BCUT2D eigenvalue weighted by Gasteiger charge is 2.05. The highest BCUT2D eigenvalue weighted by molar-refractivity contribution is 5.79. The van der Waals surface area contributed by atoms with Crippen LogP contribution in [0.5, 0.6) is 5.75 Å². The van der Waals surface area contributed by atoms with Gasteiger partial charge in [-0.3, -0.25) is 4.79 Å². The Kier molecular flexibility index (Phi) is 10.2. The molecule has 0 spiro atoms. The lowest BCUT2D eigenvalue weighted by Crippen LogP contribution is -2.37. The van der Waals surface area contributed by atoms with E-state index in [0.717, 1.165) is 37.0 Å². The smallest absolute Gasteiger partial charge is 0.259 e. The van der Waals surface area contributed by atoms with E-state index in [9.17, 15) is 4.79 Å². The maximum Gasteiger partial charge on any atom is 0.259 e. The predicted molar refractivity (Wildman–Crippen MR) is 108 cm³/mol. The molecule has 0 aliphatic heterocycles. The summed E-state index contributed by atoms with van der Waals surface area (Å²) in [5.74, 6) is 2.17. The Morgan fingerprint density at radius 1 is 1.27 bits per heavy atom. The molecule has 0 saturated heterocycles. The van der Waals surface area contributed by atoms with Gasteiger partial charge in [0.2, 0.25) is 0 Å². The lowest BCUT2D eigenvalue weighted by molar-refractivity contribution is -0.130. The molecule has 0 heterocycles. The molecule has 146 valence electrons. The molecule has 6 heteroatoms. The third-order valence-corrected chi connectivity index (χ3v) is 3.77. The van der Waals surface area contributed by atoms with Gasteiger partial charge in [-0.15, -0.1) is 0 Å². The number of benzene rings is 1. The van der Waals surface area contributed by atoms with Gasteiger partial charge in [0.25, 0.3) is 5.91 Å². The van der Waals surface area contributed by atoms with Crippen molar-refractivity contribution < 1.29 is 9.53 Å². The number of nitrogens with zero attached hydrogens (tertiary/aromatic N) is 2. The van der Waals surface area contributed by atoms with Gasteiger partial charge in [-0.25, -0.2) is 4.99 Å². The number of rotatable bonds is 10. The Morgan fingerprint density at radius 3 is 2.69 bits per heavy atom. The van der Waals surface area contributed by atoms with Crippen molar-refractivity contribution in [3.8, 4) is 5.75 Å². The van der Waals surface area contributed by atoms with E-state index in [4.69, 9.17) is 4.74 Å². The zero-order valence-electron chi connectivity index (χ0n) is 16.8. The Morgan fingerprint density at radius 2 is 2.04 bits per heavy atom. The topological polar surface area (TPSA) is 66.0 Å². The summed E-state index contributed by atoms with van der Waals surface area (Å²) in [4.78, 5) is 17.8. The fraction of sp³-hybridized carbons (Fsp3) is 0.600. The highest BCUT2D eigenvalue weighted by Crippen LogP contribution is 2.14. The first-order valence-corrected chi connectivity index (χ1v) is 9.36. The standard InChI is InChI=1S/C20H34N4O2/c1-6-21-20(22-12-8-9-16(2)3)23-14-17-10-7-11-18(13-17)26-15-19(25)24(4)5/h7,10-11,13,16H,6,8-9,12,14-15H2,1-5H3,(H2,21,22,23). The molecular formula is C20H34N4O2. The fourth-order valence-electron chi connectivity index (χ4n) is 2.24. The van der Waals surface area contributed by atoms with Crippen molar-refractivity contribution in [1.29, 1.82) is 0 Å². The van der Waals surface area contributed by atoms with E-state index in [0.29, 0.717) is 12.3 Å². The van der Waals surface area contributed by atoms with Crippen LogP contribution in [-0.2, 0) is 11.3 Å². The molecule has 1 rings (SSSR count). The summed E-state index contributed by atoms with van der Waals surface area (Å²) in [7, 11) is 3.43. The average Bonchev–Trinajstić information content (AvgIpc) is 2.61. The number of carbonyl (C=O) groups excluding carboxylic acids is 1. The molecule has 1 aromatic rings. The molecule has 2 N–H and O–H groups in total. The van der Waals surface area contributed by atoms with Crippen LogP contribution in [-0.4, -0.2) is 50.6 Å². The quantitative estimate of drug-likeness (QED) is 0.381. The van der Waals surface area contributed by atoms with Crippen molar-refractivity contribution in [3.63, 3.8) is 0 Å². The van der Waals surface area contributed by atoms with E-state index >= 15 is 0 Å². The summed E-state index contributed by atoms with van der Waals surface area (Å²) in [6.45, 7) is 8.87. The van der Waals surface area contributed by atoms with Crippen LogP contribution in [0.25, 0.3) is 0 Å². The van der Waals surface area contributed by atoms with Gasteiger partial charge in [0, 0.05) is 27.2 Å². The second kappa shape index (κ2) is 12.2. The molecule has 0 aromatic heterocycles. The van der Waals surface area contributed by atoms with Crippen LogP contribution in [0.4, 0.5) is 0 Å². The number of hydrogen-bond acceptors (Lipinski definition) is 3. The maximum absolute atomic E-state index is 11.6. The van der Waals surface area contributed by atoms with Crippen LogP contribution in [0.15, 0.2) is 29.3 Å². The fourth-order valence-corrected chi connectivity index (χ4v) is 2.24. The summed E-state index contributed by atoms with van der Waals surface area (Å²) in [6, 6.07) is 7.70. The number of likely N-dealkylation sites (N-methyl/N-ethyl adjacent to an activating group) is 1. The third kappa shape index (κ3) is 9.30. The zero-order chi connectivity index (χ0) is 19.4. The van der Waals surface area contributed by atoms with E-state index in [1.54, 1.807) is 14.1 Å². The summed E-state index contributed by atoms with van der Waals surface area (Å²) in [5, 5.41) is 6.64. The summed E-state index contributed by atoms with van der Waals surface area (Å²) in [5.41, 5.74) is 1.04. The molecule has 0 atom stereocenters. The molecule has 26 heavy (non-hydrogen) atoms. The van der Waals surface area contributed by atoms with Crippen LogP contribution in [0.3, 0.4) is 0 Å². The van der Waals surface area contributed by atoms with Crippen molar-refractivity contribution in [1.82, 2.24) is 15.5 Å². The molecule has 0 radical (unpaired) electrons. The van der Waals surface area contributed by atoms with Crippen LogP contribution in [0, 0.1) is 5.92 Å². The van der Waals surface area contributed by atoms with Crippen LogP contribution in [0.1, 0.15) is 39.2 Å². The summed E-state index contributed by atoms with van der Waals surface area (Å²) < 4.78 is 5.55. The predicted octanol–water partition coefficient (Wildman–Crippen LogP) is 2.64. The lowest BCUT2D eigenvalue weighted by Gasteiger charge is -2.13. The first-order valence-electron chi connectivity index (χ1n) is 9.36. The molecule has 1 aromatic carbocycles. The molecule has 0 bridgehead atoms. The van der Waals surface area contributed by atoms with Gasteiger partial charge < -0.3 is 20.3 Å². The molecule has 0 aliphatic carbocycles. The van der Waals surface area contributed by atoms with Gasteiger partial charge in [0.05, 0.1) is 6.54 Å². The van der Waals surface area contributed by atoms with Gasteiger partial charge in [-0.2, -0.15) is 0 Å². The van der Waals surface area contributed by atoms with Crippen molar-refractivity contribution in [3.05, 3.63) is 29.8 Å². The molecule has 0 saturated carbocycles. The van der Waals surface area contributed by atoms with Crippen molar-refractivity contribution >= 4 is 11.9 Å². The Labute approximate surface area is 158 Å². The number of guanidine groups is 1. The van der Waals surface area contributed by atoms with E-state index in [-0.39, 0.29) is 12.5 Å². The third-order valence-electron chi connectivity index (χ3n) is 3.77. The SMILES string of the molecule is CCNC(=NCc1cccc(OCC(=O)N(C)C)c1)NCCCC(C)C. The number of ether oxygens (including phenoxy) is 1. The van der Waals surface area contributed by atoms with Crippen LogP contribution in [0.2, 0.25) is 0 Å². The zero-order valence-corrected chi connectivity index (χ0v) is 16.8. The van der Waals surface area contributed by atoms with E-state index in [2.05, 4.69) is 36.4 Å². The van der Waals surface area contributed by atoms with E-state index in [1.807, 2.05) is 24.3 Å². The molecule has 6 nitrogen and oxygen atoms in total. The first kappa shape index (κ1) is 21.8. The number of hydrogen-bond donors (Lipinski definition) is 2. The number of aliphatic imine (C=N–C) groups is 1. The van der Waals surface area contributed by atoms with E-state index < -0.39 is 0 Å². The number of amides is 1. The minimum Gasteiger partial charge on any atom is -0.484 e. The van der Waals surface area contributed by atoms with Crippen molar-refractivity contribution in [2.75, 3.05) is 33.8 Å². The van der Waals surface area contributed by atoms with Crippen LogP contribution < -0.4 is 15.4 Å². The van der Waals surface area contributed by atoms with Gasteiger partial charge in [-0.1, -0.05) is 26.0 Å². The minimum absolute atomic E-state index is 0.0414. The van der Waals surface area contributed by atoms with E-state index in [1.165, 1.54) is 11.3 Å². The first-order chi connectivity index (χ1) is 12.4. The number of nitrogens with one attached hydrogen (secondary N) is 2. The molecule has 1 amide bonds.